The molecule has 4 nitrogen and oxygen atoms in total. The highest BCUT2D eigenvalue weighted by Crippen LogP contribution is 2.17. The Morgan fingerprint density at radius 1 is 0.742 bits per heavy atom. The van der Waals surface area contributed by atoms with E-state index in [0.717, 1.165) is 32.1 Å². The summed E-state index contributed by atoms with van der Waals surface area (Å²) in [5.74, 6) is -0.352. The Labute approximate surface area is 187 Å². The van der Waals surface area contributed by atoms with E-state index >= 15 is 0 Å². The largest absolute Gasteiger partial charge is 0.459 e. The topological polar surface area (TPSA) is 52.6 Å². The molecule has 0 aliphatic carbocycles. The molecule has 4 heteroatoms. The second-order valence-corrected chi connectivity index (χ2v) is 8.13. The van der Waals surface area contributed by atoms with Crippen LogP contribution in [0.1, 0.15) is 98.4 Å². The van der Waals surface area contributed by atoms with Gasteiger partial charge in [0.2, 0.25) is 0 Å². The molecule has 0 saturated heterocycles. The molecule has 0 radical (unpaired) electrons. The molecule has 31 heavy (non-hydrogen) atoms. The molecule has 0 aliphatic rings. The maximum atomic E-state index is 12.4. The number of unbranched alkanes of at least 4 members (excludes halogenated alkanes) is 5. The van der Waals surface area contributed by atoms with E-state index in [1.54, 1.807) is 24.3 Å². The van der Waals surface area contributed by atoms with Crippen LogP contribution in [0, 0.1) is 0 Å². The van der Waals surface area contributed by atoms with Crippen LogP contribution in [-0.2, 0) is 11.2 Å². The van der Waals surface area contributed by atoms with Crippen molar-refractivity contribution >= 4 is 11.9 Å². The second kappa shape index (κ2) is 13.6. The lowest BCUT2D eigenvalue weighted by molar-refractivity contribution is 0.0319. The van der Waals surface area contributed by atoms with Crippen molar-refractivity contribution < 1.29 is 19.1 Å². The molecular weight excluding hydrogens is 388 g/mol. The van der Waals surface area contributed by atoms with Crippen LogP contribution in [0.5, 0.6) is 5.75 Å². The summed E-state index contributed by atoms with van der Waals surface area (Å²) in [6.45, 7) is 6.27. The van der Waals surface area contributed by atoms with Gasteiger partial charge in [-0.3, -0.25) is 0 Å². The van der Waals surface area contributed by atoms with Gasteiger partial charge in [-0.05, 0) is 74.6 Å². The molecule has 0 spiro atoms. The van der Waals surface area contributed by atoms with E-state index in [9.17, 15) is 9.59 Å². The van der Waals surface area contributed by atoms with E-state index in [-0.39, 0.29) is 12.1 Å². The zero-order chi connectivity index (χ0) is 22.5. The summed E-state index contributed by atoms with van der Waals surface area (Å²) in [4.78, 5) is 24.7. The molecule has 0 aromatic heterocycles. The summed E-state index contributed by atoms with van der Waals surface area (Å²) < 4.78 is 10.9. The summed E-state index contributed by atoms with van der Waals surface area (Å²) in [6.07, 6.45) is 10.0. The third kappa shape index (κ3) is 8.95. The molecular formula is C27H36O4. The Kier molecular flexibility index (Phi) is 10.8. The van der Waals surface area contributed by atoms with Gasteiger partial charge in [0.05, 0.1) is 17.2 Å². The molecule has 0 aliphatic heterocycles. The van der Waals surface area contributed by atoms with Crippen molar-refractivity contribution in [2.75, 3.05) is 0 Å². The molecule has 0 fully saturated rings. The Morgan fingerprint density at radius 2 is 1.32 bits per heavy atom. The van der Waals surface area contributed by atoms with Gasteiger partial charge in [-0.2, -0.15) is 0 Å². The smallest absolute Gasteiger partial charge is 0.343 e. The standard InChI is InChI=1S/C27H36O4/c1-4-6-8-10-12-22-13-15-23(16-14-22)27(29)31-25-19-17-24(18-20-25)26(28)30-21(3)11-9-7-5-2/h13-21H,4-12H2,1-3H3. The van der Waals surface area contributed by atoms with E-state index in [0.29, 0.717) is 16.9 Å². The van der Waals surface area contributed by atoms with Crippen molar-refractivity contribution in [2.45, 2.75) is 84.7 Å². The number of rotatable bonds is 13. The molecule has 0 heterocycles. The highest BCUT2D eigenvalue weighted by Gasteiger charge is 2.13. The Hall–Kier alpha value is -2.62. The van der Waals surface area contributed by atoms with Gasteiger partial charge in [0.1, 0.15) is 5.75 Å². The molecule has 2 rings (SSSR count). The van der Waals surface area contributed by atoms with Gasteiger partial charge in [0.15, 0.2) is 0 Å². The van der Waals surface area contributed by atoms with Crippen LogP contribution in [-0.4, -0.2) is 18.0 Å². The minimum atomic E-state index is -0.405. The van der Waals surface area contributed by atoms with Gasteiger partial charge < -0.3 is 9.47 Å². The quantitative estimate of drug-likeness (QED) is 0.194. The van der Waals surface area contributed by atoms with E-state index in [1.165, 1.54) is 31.2 Å². The summed E-state index contributed by atoms with van der Waals surface area (Å²) in [5, 5.41) is 0. The maximum Gasteiger partial charge on any atom is 0.343 e. The third-order valence-electron chi connectivity index (χ3n) is 5.33. The molecule has 0 amide bonds. The van der Waals surface area contributed by atoms with E-state index in [4.69, 9.17) is 9.47 Å². The van der Waals surface area contributed by atoms with Gasteiger partial charge in [0, 0.05) is 0 Å². The van der Waals surface area contributed by atoms with E-state index < -0.39 is 5.97 Å². The van der Waals surface area contributed by atoms with Crippen LogP contribution in [0.25, 0.3) is 0 Å². The van der Waals surface area contributed by atoms with Crippen LogP contribution >= 0.6 is 0 Å². The predicted molar refractivity (Wildman–Crippen MR) is 125 cm³/mol. The van der Waals surface area contributed by atoms with Gasteiger partial charge in [-0.1, -0.05) is 58.1 Å². The summed E-state index contributed by atoms with van der Waals surface area (Å²) in [7, 11) is 0. The van der Waals surface area contributed by atoms with Crippen molar-refractivity contribution in [3.63, 3.8) is 0 Å². The minimum absolute atomic E-state index is 0.105. The zero-order valence-electron chi connectivity index (χ0n) is 19.2. The van der Waals surface area contributed by atoms with E-state index in [1.807, 2.05) is 31.2 Å². The number of ether oxygens (including phenoxy) is 2. The Balaban J connectivity index is 1.83. The summed E-state index contributed by atoms with van der Waals surface area (Å²) >= 11 is 0. The van der Waals surface area contributed by atoms with Crippen molar-refractivity contribution in [3.8, 4) is 5.75 Å². The van der Waals surface area contributed by atoms with Crippen LogP contribution < -0.4 is 4.74 Å². The normalized spacial score (nSPS) is 11.7. The fourth-order valence-electron chi connectivity index (χ4n) is 3.38. The summed E-state index contributed by atoms with van der Waals surface area (Å²) in [6, 6.07) is 14.1. The fourth-order valence-corrected chi connectivity index (χ4v) is 3.38. The predicted octanol–water partition coefficient (Wildman–Crippen LogP) is 7.15. The average molecular weight is 425 g/mol. The van der Waals surface area contributed by atoms with Crippen LogP contribution in [0.15, 0.2) is 48.5 Å². The minimum Gasteiger partial charge on any atom is -0.459 e. The van der Waals surface area contributed by atoms with E-state index in [2.05, 4.69) is 13.8 Å². The third-order valence-corrected chi connectivity index (χ3v) is 5.33. The lowest BCUT2D eigenvalue weighted by Crippen LogP contribution is -2.15. The monoisotopic (exact) mass is 424 g/mol. The first kappa shape index (κ1) is 24.6. The van der Waals surface area contributed by atoms with Gasteiger partial charge in [-0.15, -0.1) is 0 Å². The second-order valence-electron chi connectivity index (χ2n) is 8.13. The molecule has 2 aromatic carbocycles. The fraction of sp³-hybridized carbons (Fsp3) is 0.481. The SMILES string of the molecule is CCCCCCc1ccc(C(=O)Oc2ccc(C(=O)OC(C)CCCCC)cc2)cc1. The van der Waals surface area contributed by atoms with Crippen molar-refractivity contribution in [3.05, 3.63) is 65.2 Å². The molecule has 2 aromatic rings. The molecule has 1 unspecified atom stereocenters. The first-order chi connectivity index (χ1) is 15.0. The van der Waals surface area contributed by atoms with Crippen molar-refractivity contribution in [2.24, 2.45) is 0 Å². The van der Waals surface area contributed by atoms with Crippen LogP contribution in [0.3, 0.4) is 0 Å². The maximum absolute atomic E-state index is 12.4. The number of hydrogen-bond acceptors (Lipinski definition) is 4. The molecule has 1 atom stereocenters. The number of benzene rings is 2. The Bertz CT molecular complexity index is 793. The first-order valence-electron chi connectivity index (χ1n) is 11.7. The van der Waals surface area contributed by atoms with Gasteiger partial charge >= 0.3 is 11.9 Å². The zero-order valence-corrected chi connectivity index (χ0v) is 19.2. The Morgan fingerprint density at radius 3 is 1.97 bits per heavy atom. The number of hydrogen-bond donors (Lipinski definition) is 0. The number of carbonyl (C=O) groups excluding carboxylic acids is 2. The lowest BCUT2D eigenvalue weighted by atomic mass is 10.0. The first-order valence-corrected chi connectivity index (χ1v) is 11.7. The molecule has 0 N–H and O–H groups in total. The molecule has 168 valence electrons. The number of esters is 2. The number of carbonyl (C=O) groups is 2. The van der Waals surface area contributed by atoms with Crippen LogP contribution in [0.2, 0.25) is 0 Å². The summed E-state index contributed by atoms with van der Waals surface area (Å²) in [5.41, 5.74) is 2.20. The van der Waals surface area contributed by atoms with Crippen molar-refractivity contribution in [1.29, 1.82) is 0 Å². The lowest BCUT2D eigenvalue weighted by Gasteiger charge is -2.13. The highest BCUT2D eigenvalue weighted by atomic mass is 16.5. The average Bonchev–Trinajstić information content (AvgIpc) is 2.77. The molecule has 0 bridgehead atoms. The van der Waals surface area contributed by atoms with Crippen LogP contribution in [0.4, 0.5) is 0 Å². The highest BCUT2D eigenvalue weighted by molar-refractivity contribution is 5.92. The number of aryl methyl sites for hydroxylation is 1. The van der Waals surface area contributed by atoms with Gasteiger partial charge in [-0.25, -0.2) is 9.59 Å². The van der Waals surface area contributed by atoms with Crippen molar-refractivity contribution in [1.82, 2.24) is 0 Å². The van der Waals surface area contributed by atoms with Gasteiger partial charge in [0.25, 0.3) is 0 Å². The molecule has 0 saturated carbocycles.